The second-order valence-electron chi connectivity index (χ2n) is 3.62. The van der Waals surface area contributed by atoms with E-state index in [2.05, 4.69) is 15.0 Å². The Labute approximate surface area is 102 Å². The van der Waals surface area contributed by atoms with Crippen LogP contribution in [-0.4, -0.2) is 20.1 Å². The molecule has 1 aromatic carbocycles. The molecule has 0 amide bonds. The number of aromatic hydroxyl groups is 1. The summed E-state index contributed by atoms with van der Waals surface area (Å²) in [4.78, 5) is 11.6. The van der Waals surface area contributed by atoms with Gasteiger partial charge in [-0.25, -0.2) is 9.97 Å². The van der Waals surface area contributed by atoms with Crippen LogP contribution in [0.5, 0.6) is 5.75 Å². The lowest BCUT2D eigenvalue weighted by Crippen LogP contribution is -1.90. The number of hydrogen-bond acceptors (Lipinski definition) is 3. The van der Waals surface area contributed by atoms with Crippen molar-refractivity contribution in [1.82, 2.24) is 15.0 Å². The molecule has 3 aromatic rings. The Hall–Kier alpha value is -2.07. The molecule has 2 heterocycles. The first-order valence-corrected chi connectivity index (χ1v) is 5.42. The number of phenols is 1. The van der Waals surface area contributed by atoms with Gasteiger partial charge in [0, 0.05) is 11.8 Å². The largest absolute Gasteiger partial charge is 0.508 e. The molecule has 3 rings (SSSR count). The molecule has 17 heavy (non-hydrogen) atoms. The van der Waals surface area contributed by atoms with Crippen molar-refractivity contribution in [2.75, 3.05) is 0 Å². The van der Waals surface area contributed by atoms with Gasteiger partial charge in [-0.05, 0) is 30.3 Å². The quantitative estimate of drug-likeness (QED) is 0.648. The Morgan fingerprint density at radius 3 is 2.59 bits per heavy atom. The second-order valence-corrected chi connectivity index (χ2v) is 3.98. The van der Waals surface area contributed by atoms with Crippen molar-refractivity contribution in [3.63, 3.8) is 0 Å². The molecular formula is C12H8ClN3O. The highest BCUT2D eigenvalue weighted by atomic mass is 35.5. The molecule has 2 aromatic heterocycles. The average molecular weight is 246 g/mol. The van der Waals surface area contributed by atoms with E-state index in [0.29, 0.717) is 16.6 Å². The van der Waals surface area contributed by atoms with E-state index in [0.717, 1.165) is 10.9 Å². The monoisotopic (exact) mass is 245 g/mol. The van der Waals surface area contributed by atoms with Crippen molar-refractivity contribution < 1.29 is 5.11 Å². The third-order valence-electron chi connectivity index (χ3n) is 2.49. The van der Waals surface area contributed by atoms with E-state index in [1.165, 1.54) is 0 Å². The summed E-state index contributed by atoms with van der Waals surface area (Å²) in [5.74, 6) is 0.741. The number of rotatable bonds is 1. The van der Waals surface area contributed by atoms with Gasteiger partial charge in [0.15, 0.2) is 5.82 Å². The number of fused-ring (bicyclic) bond motifs is 1. The molecule has 0 saturated carbocycles. The first kappa shape index (κ1) is 10.1. The summed E-state index contributed by atoms with van der Waals surface area (Å²) in [6.45, 7) is 0. The molecule has 0 radical (unpaired) electrons. The van der Waals surface area contributed by atoms with Crippen LogP contribution in [0.4, 0.5) is 0 Å². The number of nitrogens with zero attached hydrogens (tertiary/aromatic N) is 2. The average Bonchev–Trinajstić information content (AvgIpc) is 2.78. The van der Waals surface area contributed by atoms with Crippen molar-refractivity contribution in [1.29, 1.82) is 0 Å². The Kier molecular flexibility index (Phi) is 2.23. The zero-order valence-corrected chi connectivity index (χ0v) is 9.44. The molecule has 0 aliphatic rings. The number of aromatic amines is 1. The van der Waals surface area contributed by atoms with Crippen molar-refractivity contribution in [3.05, 3.63) is 41.7 Å². The Balaban J connectivity index is 2.20. The van der Waals surface area contributed by atoms with E-state index in [1.807, 2.05) is 6.07 Å². The van der Waals surface area contributed by atoms with Crippen LogP contribution in [0.2, 0.25) is 5.15 Å². The zero-order chi connectivity index (χ0) is 11.8. The van der Waals surface area contributed by atoms with Gasteiger partial charge in [0.1, 0.15) is 16.5 Å². The molecule has 4 nitrogen and oxygen atoms in total. The van der Waals surface area contributed by atoms with E-state index in [1.54, 1.807) is 30.5 Å². The topological polar surface area (TPSA) is 61.8 Å². The highest BCUT2D eigenvalue weighted by molar-refractivity contribution is 6.34. The smallest absolute Gasteiger partial charge is 0.163 e. The molecule has 0 atom stereocenters. The maximum absolute atomic E-state index is 9.22. The van der Waals surface area contributed by atoms with E-state index in [-0.39, 0.29) is 5.75 Å². The first-order chi connectivity index (χ1) is 8.24. The van der Waals surface area contributed by atoms with Gasteiger partial charge >= 0.3 is 0 Å². The van der Waals surface area contributed by atoms with E-state index in [4.69, 9.17) is 11.6 Å². The molecule has 5 heteroatoms. The minimum absolute atomic E-state index is 0.209. The van der Waals surface area contributed by atoms with Crippen LogP contribution in [0, 0.1) is 0 Å². The molecule has 0 bridgehead atoms. The van der Waals surface area contributed by atoms with Crippen molar-refractivity contribution in [3.8, 4) is 17.1 Å². The molecule has 0 aliphatic heterocycles. The standard InChI is InChI=1S/C12H8ClN3O/c13-10-9-5-6-14-12(9)16-11(15-10)7-1-3-8(17)4-2-7/h1-6,17H,(H,14,15,16). The molecule has 0 saturated heterocycles. The summed E-state index contributed by atoms with van der Waals surface area (Å²) in [5.41, 5.74) is 1.51. The summed E-state index contributed by atoms with van der Waals surface area (Å²) in [5, 5.41) is 10.4. The molecule has 2 N–H and O–H groups in total. The van der Waals surface area contributed by atoms with Gasteiger partial charge in [-0.1, -0.05) is 11.6 Å². The van der Waals surface area contributed by atoms with Crippen LogP contribution >= 0.6 is 11.6 Å². The van der Waals surface area contributed by atoms with Crippen molar-refractivity contribution in [2.24, 2.45) is 0 Å². The molecule has 0 aliphatic carbocycles. The SMILES string of the molecule is Oc1ccc(-c2nc(Cl)c3cc[nH]c3n2)cc1. The van der Waals surface area contributed by atoms with Gasteiger partial charge < -0.3 is 10.1 Å². The normalized spacial score (nSPS) is 10.9. The lowest BCUT2D eigenvalue weighted by molar-refractivity contribution is 0.475. The zero-order valence-electron chi connectivity index (χ0n) is 8.68. The van der Waals surface area contributed by atoms with E-state index in [9.17, 15) is 5.11 Å². The maximum atomic E-state index is 9.22. The van der Waals surface area contributed by atoms with Crippen molar-refractivity contribution in [2.45, 2.75) is 0 Å². The summed E-state index contributed by atoms with van der Waals surface area (Å²) < 4.78 is 0. The molecule has 0 unspecified atom stereocenters. The molecular weight excluding hydrogens is 238 g/mol. The number of benzene rings is 1. The minimum atomic E-state index is 0.209. The van der Waals surface area contributed by atoms with Gasteiger partial charge in [0.25, 0.3) is 0 Å². The lowest BCUT2D eigenvalue weighted by atomic mass is 10.2. The predicted molar refractivity (Wildman–Crippen MR) is 66.0 cm³/mol. The van der Waals surface area contributed by atoms with Crippen LogP contribution in [0.15, 0.2) is 36.5 Å². The van der Waals surface area contributed by atoms with Gasteiger partial charge in [0.05, 0.1) is 5.39 Å². The third kappa shape index (κ3) is 1.72. The predicted octanol–water partition coefficient (Wildman–Crippen LogP) is 2.98. The highest BCUT2D eigenvalue weighted by Gasteiger charge is 2.08. The number of H-pyrrole nitrogens is 1. The fourth-order valence-corrected chi connectivity index (χ4v) is 1.88. The van der Waals surface area contributed by atoms with Crippen LogP contribution in [0.25, 0.3) is 22.4 Å². The van der Waals surface area contributed by atoms with Gasteiger partial charge in [-0.2, -0.15) is 0 Å². The van der Waals surface area contributed by atoms with Gasteiger partial charge in [-0.3, -0.25) is 0 Å². The van der Waals surface area contributed by atoms with Crippen molar-refractivity contribution >= 4 is 22.6 Å². The van der Waals surface area contributed by atoms with Crippen LogP contribution in [0.3, 0.4) is 0 Å². The Bertz CT molecular complexity index is 676. The summed E-state index contributed by atoms with van der Waals surface area (Å²) >= 11 is 6.06. The number of hydrogen-bond donors (Lipinski definition) is 2. The molecule has 0 spiro atoms. The second kappa shape index (κ2) is 3.75. The van der Waals surface area contributed by atoms with Gasteiger partial charge in [-0.15, -0.1) is 0 Å². The van der Waals surface area contributed by atoms with E-state index < -0.39 is 0 Å². The molecule has 0 fully saturated rings. The number of nitrogens with one attached hydrogen (secondary N) is 1. The Morgan fingerprint density at radius 2 is 1.82 bits per heavy atom. The highest BCUT2D eigenvalue weighted by Crippen LogP contribution is 2.24. The number of aromatic nitrogens is 3. The fourth-order valence-electron chi connectivity index (χ4n) is 1.64. The van der Waals surface area contributed by atoms with Crippen LogP contribution in [0.1, 0.15) is 0 Å². The summed E-state index contributed by atoms with van der Waals surface area (Å²) in [7, 11) is 0. The fraction of sp³-hybridized carbons (Fsp3) is 0. The maximum Gasteiger partial charge on any atom is 0.163 e. The first-order valence-electron chi connectivity index (χ1n) is 5.04. The summed E-state index contributed by atoms with van der Waals surface area (Å²) in [6, 6.07) is 8.50. The van der Waals surface area contributed by atoms with Gasteiger partial charge in [0.2, 0.25) is 0 Å². The van der Waals surface area contributed by atoms with Crippen LogP contribution < -0.4 is 0 Å². The minimum Gasteiger partial charge on any atom is -0.508 e. The number of halogens is 1. The molecule has 84 valence electrons. The lowest BCUT2D eigenvalue weighted by Gasteiger charge is -2.01. The van der Waals surface area contributed by atoms with Crippen LogP contribution in [-0.2, 0) is 0 Å². The van der Waals surface area contributed by atoms with E-state index >= 15 is 0 Å². The number of phenolic OH excluding ortho intramolecular Hbond substituents is 1. The third-order valence-corrected chi connectivity index (χ3v) is 2.78. The summed E-state index contributed by atoms with van der Waals surface area (Å²) in [6.07, 6.45) is 1.77. The Morgan fingerprint density at radius 1 is 1.06 bits per heavy atom.